The Labute approximate surface area is 169 Å². The average molecular weight is 435 g/mol. The Kier molecular flexibility index (Phi) is 7.60. The Morgan fingerprint density at radius 1 is 1.08 bits per heavy atom. The lowest BCUT2D eigenvalue weighted by molar-refractivity contribution is 0.288. The van der Waals surface area contributed by atoms with Crippen LogP contribution >= 0.6 is 27.5 Å². The Bertz CT molecular complexity index is 743. The smallest absolute Gasteiger partial charge is 0.119 e. The van der Waals surface area contributed by atoms with Gasteiger partial charge in [0.15, 0.2) is 0 Å². The normalized spacial score (nSPS) is 14.5. The topological polar surface area (TPSA) is 21.3 Å². The van der Waals surface area contributed by atoms with E-state index in [4.69, 9.17) is 16.3 Å². The second-order valence-corrected chi connectivity index (χ2v) is 8.08. The number of nitrogens with one attached hydrogen (secondary N) is 1. The molecule has 1 aliphatic rings. The van der Waals surface area contributed by atoms with E-state index in [2.05, 4.69) is 45.5 Å². The fraction of sp³-hybridized carbons (Fsp3) is 0.364. The Morgan fingerprint density at radius 3 is 2.73 bits per heavy atom. The lowest BCUT2D eigenvalue weighted by Gasteiger charge is -2.26. The molecule has 0 atom stereocenters. The van der Waals surface area contributed by atoms with E-state index < -0.39 is 0 Å². The monoisotopic (exact) mass is 433 g/mol. The van der Waals surface area contributed by atoms with Gasteiger partial charge in [-0.1, -0.05) is 70.7 Å². The summed E-state index contributed by atoms with van der Waals surface area (Å²) in [5, 5.41) is 4.06. The first-order chi connectivity index (χ1) is 12.7. The van der Waals surface area contributed by atoms with Crippen molar-refractivity contribution in [1.82, 2.24) is 5.32 Å². The molecule has 0 unspecified atom stereocenters. The van der Waals surface area contributed by atoms with Crippen molar-refractivity contribution in [2.75, 3.05) is 19.7 Å². The zero-order valence-electron chi connectivity index (χ0n) is 14.9. The van der Waals surface area contributed by atoms with Crippen molar-refractivity contribution >= 4 is 39.7 Å². The summed E-state index contributed by atoms with van der Waals surface area (Å²) in [6.07, 6.45) is 9.21. The molecule has 0 aliphatic carbocycles. The van der Waals surface area contributed by atoms with E-state index in [9.17, 15) is 0 Å². The molecule has 0 amide bonds. The third-order valence-corrected chi connectivity index (χ3v) is 5.59. The van der Waals surface area contributed by atoms with Crippen LogP contribution in [-0.4, -0.2) is 19.7 Å². The van der Waals surface area contributed by atoms with E-state index in [1.807, 2.05) is 30.3 Å². The van der Waals surface area contributed by atoms with Crippen molar-refractivity contribution in [1.29, 1.82) is 0 Å². The van der Waals surface area contributed by atoms with E-state index >= 15 is 0 Å². The quantitative estimate of drug-likeness (QED) is 0.362. The largest absolute Gasteiger partial charge is 0.494 e. The predicted molar refractivity (Wildman–Crippen MR) is 115 cm³/mol. The Balaban J connectivity index is 1.44. The molecule has 138 valence electrons. The lowest BCUT2D eigenvalue weighted by atomic mass is 9.96. The van der Waals surface area contributed by atoms with Crippen LogP contribution in [0.2, 0.25) is 5.02 Å². The maximum absolute atomic E-state index is 5.99. The Hall–Kier alpha value is -1.29. The minimum absolute atomic E-state index is 0.730. The Morgan fingerprint density at radius 2 is 1.96 bits per heavy atom. The molecule has 2 aromatic carbocycles. The molecule has 1 fully saturated rings. The first-order valence-corrected chi connectivity index (χ1v) is 10.4. The van der Waals surface area contributed by atoms with Gasteiger partial charge in [-0.2, -0.15) is 0 Å². The maximum Gasteiger partial charge on any atom is 0.119 e. The number of unbranched alkanes of at least 4 members (excludes halogenated alkanes) is 2. The number of ether oxygens (including phenoxy) is 1. The van der Waals surface area contributed by atoms with E-state index in [1.165, 1.54) is 32.4 Å². The van der Waals surface area contributed by atoms with Gasteiger partial charge in [0.2, 0.25) is 0 Å². The van der Waals surface area contributed by atoms with Crippen molar-refractivity contribution in [3.63, 3.8) is 0 Å². The molecule has 26 heavy (non-hydrogen) atoms. The third-order valence-electron chi connectivity index (χ3n) is 4.67. The minimum Gasteiger partial charge on any atom is -0.494 e. The highest BCUT2D eigenvalue weighted by molar-refractivity contribution is 9.10. The van der Waals surface area contributed by atoms with Gasteiger partial charge >= 0.3 is 0 Å². The highest BCUT2D eigenvalue weighted by Gasteiger charge is 2.15. The third kappa shape index (κ3) is 6.15. The summed E-state index contributed by atoms with van der Waals surface area (Å²) in [5.41, 5.74) is 2.23. The number of benzene rings is 2. The van der Waals surface area contributed by atoms with Crippen molar-refractivity contribution in [2.24, 2.45) is 5.92 Å². The number of halogens is 2. The number of hydrogen-bond donors (Lipinski definition) is 1. The molecule has 0 radical (unpaired) electrons. The SMILES string of the molecule is Clc1ccc(/C=C/c2cccc(OCCCCCC3CNC3)c2)c(Br)c1. The van der Waals surface area contributed by atoms with Crippen molar-refractivity contribution in [3.05, 3.63) is 63.1 Å². The summed E-state index contributed by atoms with van der Waals surface area (Å²) in [6.45, 7) is 3.21. The molecule has 1 heterocycles. The van der Waals surface area contributed by atoms with E-state index in [0.29, 0.717) is 0 Å². The van der Waals surface area contributed by atoms with E-state index in [0.717, 1.165) is 45.3 Å². The summed E-state index contributed by atoms with van der Waals surface area (Å²) >= 11 is 9.53. The van der Waals surface area contributed by atoms with Crippen LogP contribution in [0.15, 0.2) is 46.9 Å². The molecule has 2 nitrogen and oxygen atoms in total. The molecule has 0 spiro atoms. The van der Waals surface area contributed by atoms with Gasteiger partial charge in [0.1, 0.15) is 5.75 Å². The van der Waals surface area contributed by atoms with Crippen LogP contribution in [0.4, 0.5) is 0 Å². The van der Waals surface area contributed by atoms with Crippen LogP contribution in [0.5, 0.6) is 5.75 Å². The van der Waals surface area contributed by atoms with Crippen LogP contribution < -0.4 is 10.1 Å². The fourth-order valence-electron chi connectivity index (χ4n) is 2.99. The molecule has 4 heteroatoms. The van der Waals surface area contributed by atoms with Gasteiger partial charge in [-0.05, 0) is 67.2 Å². The van der Waals surface area contributed by atoms with Crippen molar-refractivity contribution in [3.8, 4) is 5.75 Å². The van der Waals surface area contributed by atoms with Crippen LogP contribution in [0.25, 0.3) is 12.2 Å². The number of hydrogen-bond acceptors (Lipinski definition) is 2. The van der Waals surface area contributed by atoms with Gasteiger partial charge in [-0.3, -0.25) is 0 Å². The summed E-state index contributed by atoms with van der Waals surface area (Å²) in [4.78, 5) is 0. The second kappa shape index (κ2) is 10.1. The first-order valence-electron chi connectivity index (χ1n) is 9.27. The van der Waals surface area contributed by atoms with Crippen LogP contribution in [-0.2, 0) is 0 Å². The van der Waals surface area contributed by atoms with Crippen molar-refractivity contribution < 1.29 is 4.74 Å². The highest BCUT2D eigenvalue weighted by Crippen LogP contribution is 2.24. The van der Waals surface area contributed by atoms with Crippen molar-refractivity contribution in [2.45, 2.75) is 25.7 Å². The van der Waals surface area contributed by atoms with Gasteiger partial charge < -0.3 is 10.1 Å². The molecule has 2 aromatic rings. The molecule has 0 bridgehead atoms. The van der Waals surface area contributed by atoms with Gasteiger partial charge in [-0.25, -0.2) is 0 Å². The average Bonchev–Trinajstić information content (AvgIpc) is 2.59. The zero-order valence-corrected chi connectivity index (χ0v) is 17.2. The molecule has 1 aliphatic heterocycles. The van der Waals surface area contributed by atoms with E-state index in [1.54, 1.807) is 0 Å². The van der Waals surface area contributed by atoms with Crippen LogP contribution in [0, 0.1) is 5.92 Å². The summed E-state index contributed by atoms with van der Waals surface area (Å²) in [6, 6.07) is 14.0. The van der Waals surface area contributed by atoms with Crippen LogP contribution in [0.3, 0.4) is 0 Å². The molecule has 0 aromatic heterocycles. The van der Waals surface area contributed by atoms with Crippen LogP contribution in [0.1, 0.15) is 36.8 Å². The standard InChI is InChI=1S/C22H25BrClNO/c23-22-14-20(24)11-10-19(22)9-8-17-6-4-7-21(13-17)26-12-3-1-2-5-18-15-25-16-18/h4,6-11,13-14,18,25H,1-3,5,12,15-16H2/b9-8+. The molecule has 1 saturated heterocycles. The van der Waals surface area contributed by atoms with Gasteiger partial charge in [0, 0.05) is 9.50 Å². The zero-order chi connectivity index (χ0) is 18.2. The van der Waals surface area contributed by atoms with Gasteiger partial charge in [0.25, 0.3) is 0 Å². The summed E-state index contributed by atoms with van der Waals surface area (Å²) in [7, 11) is 0. The van der Waals surface area contributed by atoms with Gasteiger partial charge in [0.05, 0.1) is 6.61 Å². The molecule has 1 N–H and O–H groups in total. The highest BCUT2D eigenvalue weighted by atomic mass is 79.9. The molecule has 3 rings (SSSR count). The molecular weight excluding hydrogens is 410 g/mol. The predicted octanol–water partition coefficient (Wildman–Crippen LogP) is 6.43. The summed E-state index contributed by atoms with van der Waals surface area (Å²) < 4.78 is 6.90. The summed E-state index contributed by atoms with van der Waals surface area (Å²) in [5.74, 6) is 1.85. The molecule has 0 saturated carbocycles. The van der Waals surface area contributed by atoms with Gasteiger partial charge in [-0.15, -0.1) is 0 Å². The maximum atomic E-state index is 5.99. The first kappa shape index (κ1) is 19.5. The molecular formula is C22H25BrClNO. The second-order valence-electron chi connectivity index (χ2n) is 6.79. The number of rotatable bonds is 9. The fourth-order valence-corrected chi connectivity index (χ4v) is 3.80. The minimum atomic E-state index is 0.730. The van der Waals surface area contributed by atoms with E-state index in [-0.39, 0.29) is 0 Å². The lowest BCUT2D eigenvalue weighted by Crippen LogP contribution is -2.41.